The van der Waals surface area contributed by atoms with E-state index < -0.39 is 23.3 Å². The molecule has 0 amide bonds. The average Bonchev–Trinajstić information content (AvgIpc) is 2.30. The average molecular weight is 378 g/mol. The van der Waals surface area contributed by atoms with Crippen LogP contribution in [0.4, 0.5) is 0 Å². The number of ketones is 1. The number of rotatable bonds is 1. The third kappa shape index (κ3) is 3.01. The van der Waals surface area contributed by atoms with E-state index in [0.29, 0.717) is 0 Å². The van der Waals surface area contributed by atoms with Crippen LogP contribution in [-0.4, -0.2) is 47.5 Å². The van der Waals surface area contributed by atoms with Crippen LogP contribution >= 0.6 is 0 Å². The Morgan fingerprint density at radius 2 is 1.67 bits per heavy atom. The van der Waals surface area contributed by atoms with Gasteiger partial charge in [0.1, 0.15) is 5.78 Å². The molecular weight excluding hydrogens is 359 g/mol. The maximum Gasteiger partial charge on any atom is 2.00 e. The number of carbonyl (C=O) groups excluding carboxylic acids is 2. The molecule has 1 aliphatic rings. The van der Waals surface area contributed by atoms with E-state index in [1.165, 1.54) is 0 Å². The van der Waals surface area contributed by atoms with Gasteiger partial charge in [0.2, 0.25) is 0 Å². The van der Waals surface area contributed by atoms with Gasteiger partial charge in [0.05, 0.1) is 12.7 Å². The Morgan fingerprint density at radius 1 is 1.22 bits per heavy atom. The number of esters is 1. The van der Waals surface area contributed by atoms with Gasteiger partial charge in [-0.05, 0) is 17.8 Å². The number of methoxy groups -OCH3 is 1. The minimum absolute atomic E-state index is 0. The predicted octanol–water partition coefficient (Wildman–Crippen LogP) is -2.99. The van der Waals surface area contributed by atoms with E-state index in [1.807, 2.05) is 13.8 Å². The summed E-state index contributed by atoms with van der Waals surface area (Å²) in [6, 6.07) is 0. The normalized spacial score (nSPS) is 39.3. The number of carbonyl (C=O) groups is 2. The van der Waals surface area contributed by atoms with Gasteiger partial charge in [-0.15, -0.1) is 0 Å². The summed E-state index contributed by atoms with van der Waals surface area (Å²) in [4.78, 5) is 23.6. The first-order chi connectivity index (χ1) is 7.28. The minimum Gasteiger partial charge on any atom is -1.00 e. The minimum atomic E-state index is -2.22. The largest absolute Gasteiger partial charge is 2.00 e. The Kier molecular flexibility index (Phi) is 8.59. The molecule has 0 saturated heterocycles. The zero-order valence-electron chi connectivity index (χ0n) is 11.5. The summed E-state index contributed by atoms with van der Waals surface area (Å²) >= 11 is 0. The van der Waals surface area contributed by atoms with Crippen molar-refractivity contribution in [1.29, 1.82) is 0 Å². The molecule has 0 aromatic rings. The number of hydrogen-bond donors (Lipinski definition) is 0. The molecule has 5 atom stereocenters. The fraction of sp³-hybridized carbons (Fsp3) is 0.833. The van der Waals surface area contributed by atoms with Crippen LogP contribution in [0.5, 0.6) is 0 Å². The first kappa shape index (κ1) is 20.9. The van der Waals surface area contributed by atoms with Crippen LogP contribution in [-0.2, 0) is 14.3 Å². The summed E-state index contributed by atoms with van der Waals surface area (Å²) in [5.74, 6) is -2.24. The van der Waals surface area contributed by atoms with E-state index in [4.69, 9.17) is 0 Å². The fourth-order valence-electron chi connectivity index (χ4n) is 2.52. The number of hydrogen-bond acceptors (Lipinski definition) is 4. The van der Waals surface area contributed by atoms with Gasteiger partial charge in [-0.1, -0.05) is 27.7 Å². The molecule has 0 heterocycles. The quantitative estimate of drug-likeness (QED) is 0.211. The molecule has 0 aromatic carbocycles. The van der Waals surface area contributed by atoms with Crippen molar-refractivity contribution in [1.82, 2.24) is 0 Å². The second-order valence-corrected chi connectivity index (χ2v) is 4.89. The molecule has 1 aliphatic carbocycles. The molecule has 6 heteroatoms. The second kappa shape index (κ2) is 7.40. The topological polar surface area (TPSA) is 66.4 Å². The maximum absolute atomic E-state index is 12.5. The Hall–Kier alpha value is 0.596. The van der Waals surface area contributed by atoms with Gasteiger partial charge in [-0.2, -0.15) is 0 Å². The van der Waals surface area contributed by atoms with Crippen molar-refractivity contribution in [3.63, 3.8) is 0 Å². The van der Waals surface area contributed by atoms with Crippen LogP contribution in [0.15, 0.2) is 0 Å². The van der Waals surface area contributed by atoms with Gasteiger partial charge >= 0.3 is 29.0 Å². The molecule has 0 bridgehead atoms. The van der Waals surface area contributed by atoms with Crippen LogP contribution in [0, 0.1) is 23.7 Å². The number of ether oxygens (including phenoxy) is 1. The molecule has 1 rings (SSSR count). The zero-order chi connectivity index (χ0) is 12.7. The predicted molar refractivity (Wildman–Crippen MR) is 62.2 cm³/mol. The molecule has 18 heavy (non-hydrogen) atoms. The first-order valence-corrected chi connectivity index (χ1v) is 5.61. The summed E-state index contributed by atoms with van der Waals surface area (Å²) < 4.78 is 4.49. The van der Waals surface area contributed by atoms with Crippen LogP contribution in [0.25, 0.3) is 0 Å². The second-order valence-electron chi connectivity index (χ2n) is 4.89. The summed E-state index contributed by atoms with van der Waals surface area (Å²) in [7, 11) is 1.15. The summed E-state index contributed by atoms with van der Waals surface area (Å²) in [6.45, 7) is 7.23. The molecule has 0 radical (unpaired) electrons. The molecule has 5 unspecified atom stereocenters. The molecule has 0 spiro atoms. The molecule has 0 aliphatic heterocycles. The SMILES string of the molecule is COC(=O)C1([O-])C(=O)C(C)C(C)C(C)C1C.[I-].[Mg+2]. The smallest absolute Gasteiger partial charge is 1.00 e. The number of Topliss-reactive ketones (excluding diaryl/α,β-unsaturated/α-hetero) is 1. The molecule has 0 N–H and O–H groups in total. The first-order valence-electron chi connectivity index (χ1n) is 5.61. The van der Waals surface area contributed by atoms with Crippen molar-refractivity contribution >= 4 is 34.8 Å². The van der Waals surface area contributed by atoms with E-state index in [0.717, 1.165) is 7.11 Å². The van der Waals surface area contributed by atoms with E-state index in [1.54, 1.807) is 13.8 Å². The summed E-state index contributed by atoms with van der Waals surface area (Å²) in [5.41, 5.74) is -2.22. The van der Waals surface area contributed by atoms with Crippen molar-refractivity contribution in [2.45, 2.75) is 33.3 Å². The fourth-order valence-corrected chi connectivity index (χ4v) is 2.52. The molecule has 0 aromatic heterocycles. The van der Waals surface area contributed by atoms with Crippen molar-refractivity contribution in [2.24, 2.45) is 23.7 Å². The van der Waals surface area contributed by atoms with Crippen LogP contribution in [0.2, 0.25) is 0 Å². The molecule has 100 valence electrons. The summed E-state index contributed by atoms with van der Waals surface area (Å²) in [6.07, 6.45) is 0. The summed E-state index contributed by atoms with van der Waals surface area (Å²) in [5, 5.41) is 12.5. The van der Waals surface area contributed by atoms with Crippen LogP contribution in [0.1, 0.15) is 27.7 Å². The van der Waals surface area contributed by atoms with E-state index in [2.05, 4.69) is 4.74 Å². The van der Waals surface area contributed by atoms with Crippen molar-refractivity contribution in [2.75, 3.05) is 7.11 Å². The van der Waals surface area contributed by atoms with Gasteiger partial charge < -0.3 is 33.8 Å². The molecule has 1 saturated carbocycles. The van der Waals surface area contributed by atoms with Gasteiger partial charge in [0.25, 0.3) is 0 Å². The molecule has 4 nitrogen and oxygen atoms in total. The monoisotopic (exact) mass is 378 g/mol. The van der Waals surface area contributed by atoms with Crippen molar-refractivity contribution in [3.8, 4) is 0 Å². The van der Waals surface area contributed by atoms with E-state index in [9.17, 15) is 14.7 Å². The standard InChI is InChI=1S/C12H19O4.HI.Mg/c1-6-7(2)9(4)12(15,11(14)16-5)10(13)8(6)3;;/h6-9H,1-5H3;1H;/q-1;;+2/p-1. The third-order valence-corrected chi connectivity index (χ3v) is 4.32. The Balaban J connectivity index is 0. The Labute approximate surface area is 141 Å². The van der Waals surface area contributed by atoms with Crippen molar-refractivity contribution < 1.29 is 43.4 Å². The van der Waals surface area contributed by atoms with Gasteiger partial charge in [0.15, 0.2) is 0 Å². The maximum atomic E-state index is 12.5. The van der Waals surface area contributed by atoms with Crippen molar-refractivity contribution in [3.05, 3.63) is 0 Å². The van der Waals surface area contributed by atoms with Gasteiger partial charge in [-0.3, -0.25) is 9.59 Å². The third-order valence-electron chi connectivity index (χ3n) is 4.32. The van der Waals surface area contributed by atoms with E-state index >= 15 is 0 Å². The Morgan fingerprint density at radius 3 is 2.06 bits per heavy atom. The van der Waals surface area contributed by atoms with Crippen LogP contribution < -0.4 is 29.1 Å². The zero-order valence-corrected chi connectivity index (χ0v) is 15.1. The molecular formula is C12H19IMgO4. The number of halogens is 1. The Bertz CT molecular complexity index is 323. The molecule has 1 fully saturated rings. The van der Waals surface area contributed by atoms with E-state index in [-0.39, 0.29) is 64.8 Å². The van der Waals surface area contributed by atoms with Gasteiger partial charge in [0, 0.05) is 5.92 Å². The van der Waals surface area contributed by atoms with Gasteiger partial charge in [-0.25, -0.2) is 0 Å². The van der Waals surface area contributed by atoms with Crippen LogP contribution in [0.3, 0.4) is 0 Å².